The number of rotatable bonds is 3. The molecule has 1 N–H and O–H groups in total. The molecule has 3 heterocycles. The molecule has 0 spiro atoms. The minimum Gasteiger partial charge on any atom is -0.352 e. The van der Waals surface area contributed by atoms with Crippen molar-refractivity contribution in [2.75, 3.05) is 31.1 Å². The van der Waals surface area contributed by atoms with Crippen molar-refractivity contribution in [2.45, 2.75) is 9.79 Å². The van der Waals surface area contributed by atoms with E-state index in [1.54, 1.807) is 30.1 Å². The highest BCUT2D eigenvalue weighted by atomic mass is 32.2. The molecule has 0 radical (unpaired) electrons. The summed E-state index contributed by atoms with van der Waals surface area (Å²) in [6, 6.07) is 7.13. The summed E-state index contributed by atoms with van der Waals surface area (Å²) >= 11 is 0. The zero-order valence-corrected chi connectivity index (χ0v) is 15.1. The van der Waals surface area contributed by atoms with E-state index in [9.17, 15) is 12.8 Å². The molecule has 0 amide bonds. The number of hydrogen-bond donors (Lipinski definition) is 1. The van der Waals surface area contributed by atoms with E-state index >= 15 is 0 Å². The van der Waals surface area contributed by atoms with Crippen molar-refractivity contribution in [3.63, 3.8) is 0 Å². The van der Waals surface area contributed by atoms with Gasteiger partial charge in [0.2, 0.25) is 9.84 Å². The summed E-state index contributed by atoms with van der Waals surface area (Å²) in [5.74, 6) is 0.00220. The van der Waals surface area contributed by atoms with Gasteiger partial charge in [0, 0.05) is 51.0 Å². The molecule has 1 aliphatic rings. The number of aryl methyl sites for hydroxylation is 1. The molecule has 1 saturated heterocycles. The lowest BCUT2D eigenvalue weighted by atomic mass is 10.2. The lowest BCUT2D eigenvalue weighted by Gasteiger charge is -2.29. The number of piperazine rings is 1. The van der Waals surface area contributed by atoms with Crippen LogP contribution in [0.1, 0.15) is 0 Å². The Kier molecular flexibility index (Phi) is 4.16. The Morgan fingerprint density at radius 2 is 1.85 bits per heavy atom. The van der Waals surface area contributed by atoms with E-state index in [0.29, 0.717) is 5.39 Å². The molecule has 0 atom stereocenters. The van der Waals surface area contributed by atoms with Gasteiger partial charge in [-0.15, -0.1) is 0 Å². The van der Waals surface area contributed by atoms with Crippen molar-refractivity contribution >= 4 is 26.6 Å². The van der Waals surface area contributed by atoms with E-state index in [4.69, 9.17) is 0 Å². The zero-order chi connectivity index (χ0) is 18.3. The number of hydrogen-bond acceptors (Lipinski definition) is 5. The lowest BCUT2D eigenvalue weighted by molar-refractivity contribution is 0.567. The molecular weight excluding hydrogens is 355 g/mol. The second-order valence-corrected chi connectivity index (χ2v) is 8.19. The largest absolute Gasteiger partial charge is 0.352 e. The van der Waals surface area contributed by atoms with Gasteiger partial charge in [0.05, 0.1) is 10.4 Å². The van der Waals surface area contributed by atoms with Gasteiger partial charge in [-0.25, -0.2) is 17.8 Å². The fourth-order valence-corrected chi connectivity index (χ4v) is 4.97. The van der Waals surface area contributed by atoms with Crippen molar-refractivity contribution < 1.29 is 12.8 Å². The van der Waals surface area contributed by atoms with Crippen LogP contribution in [-0.2, 0) is 16.9 Å². The molecule has 1 fully saturated rings. The molecule has 4 rings (SSSR count). The van der Waals surface area contributed by atoms with Crippen LogP contribution in [0.5, 0.6) is 0 Å². The average Bonchev–Trinajstić information content (AvgIpc) is 3.00. The van der Waals surface area contributed by atoms with Crippen molar-refractivity contribution in [3.8, 4) is 0 Å². The standard InChI is InChI=1S/C18H19FN4O2S/c1-22-12-16(26(24,25)15-5-3-2-4-14(15)19)13-6-7-21-18(17(13)22)23-10-8-20-9-11-23/h2-7,12,20H,8-11H2,1H3. The third-order valence-electron chi connectivity index (χ3n) is 4.67. The van der Waals surface area contributed by atoms with Gasteiger partial charge in [-0.05, 0) is 18.2 Å². The summed E-state index contributed by atoms with van der Waals surface area (Å²) in [4.78, 5) is 6.41. The van der Waals surface area contributed by atoms with Crippen LogP contribution in [0, 0.1) is 5.82 Å². The van der Waals surface area contributed by atoms with Crippen LogP contribution in [0.15, 0.2) is 52.5 Å². The quantitative estimate of drug-likeness (QED) is 0.759. The second kappa shape index (κ2) is 6.37. The van der Waals surface area contributed by atoms with E-state index < -0.39 is 15.7 Å². The second-order valence-electron chi connectivity index (χ2n) is 6.31. The number of sulfone groups is 1. The van der Waals surface area contributed by atoms with Crippen molar-refractivity contribution in [1.82, 2.24) is 14.9 Å². The number of aromatic nitrogens is 2. The molecule has 26 heavy (non-hydrogen) atoms. The minimum atomic E-state index is -3.98. The summed E-state index contributed by atoms with van der Waals surface area (Å²) in [5, 5.41) is 3.85. The number of benzene rings is 1. The summed E-state index contributed by atoms with van der Waals surface area (Å²) in [6.45, 7) is 3.30. The Labute approximate surface area is 151 Å². The summed E-state index contributed by atoms with van der Waals surface area (Å²) < 4.78 is 42.0. The van der Waals surface area contributed by atoms with Crippen LogP contribution in [0.4, 0.5) is 10.2 Å². The first-order valence-electron chi connectivity index (χ1n) is 8.39. The van der Waals surface area contributed by atoms with E-state index in [2.05, 4.69) is 15.2 Å². The number of halogens is 1. The Balaban J connectivity index is 1.92. The van der Waals surface area contributed by atoms with Crippen molar-refractivity contribution in [3.05, 3.63) is 48.5 Å². The van der Waals surface area contributed by atoms with Crippen LogP contribution in [0.2, 0.25) is 0 Å². The maximum Gasteiger partial charge on any atom is 0.211 e. The van der Waals surface area contributed by atoms with Crippen LogP contribution in [0.3, 0.4) is 0 Å². The normalized spacial score (nSPS) is 15.5. The maximum absolute atomic E-state index is 14.1. The highest BCUT2D eigenvalue weighted by Gasteiger charge is 2.27. The summed E-state index contributed by atoms with van der Waals surface area (Å²) in [6.07, 6.45) is 3.15. The van der Waals surface area contributed by atoms with Gasteiger partial charge in [0.1, 0.15) is 10.7 Å². The van der Waals surface area contributed by atoms with E-state index in [1.165, 1.54) is 18.2 Å². The van der Waals surface area contributed by atoms with E-state index in [1.807, 2.05) is 0 Å². The number of anilines is 1. The first-order valence-corrected chi connectivity index (χ1v) is 9.88. The zero-order valence-electron chi connectivity index (χ0n) is 14.3. The first kappa shape index (κ1) is 17.0. The maximum atomic E-state index is 14.1. The monoisotopic (exact) mass is 374 g/mol. The topological polar surface area (TPSA) is 67.2 Å². The molecule has 0 saturated carbocycles. The van der Waals surface area contributed by atoms with Crippen LogP contribution in [0.25, 0.3) is 10.9 Å². The van der Waals surface area contributed by atoms with Gasteiger partial charge in [-0.3, -0.25) is 0 Å². The third-order valence-corrected chi connectivity index (χ3v) is 6.48. The molecule has 2 aromatic heterocycles. The van der Waals surface area contributed by atoms with E-state index in [-0.39, 0.29) is 9.79 Å². The summed E-state index contributed by atoms with van der Waals surface area (Å²) in [5.41, 5.74) is 0.740. The molecule has 1 aromatic carbocycles. The first-order chi connectivity index (χ1) is 12.5. The predicted molar refractivity (Wildman–Crippen MR) is 97.6 cm³/mol. The number of nitrogens with one attached hydrogen (secondary N) is 1. The molecule has 0 unspecified atom stereocenters. The van der Waals surface area contributed by atoms with Crippen molar-refractivity contribution in [1.29, 1.82) is 0 Å². The van der Waals surface area contributed by atoms with Gasteiger partial charge in [0.15, 0.2) is 5.82 Å². The molecule has 6 nitrogen and oxygen atoms in total. The lowest BCUT2D eigenvalue weighted by Crippen LogP contribution is -2.44. The highest BCUT2D eigenvalue weighted by molar-refractivity contribution is 7.91. The predicted octanol–water partition coefficient (Wildman–Crippen LogP) is 1.95. The van der Waals surface area contributed by atoms with Crippen molar-refractivity contribution in [2.24, 2.45) is 7.05 Å². The molecule has 8 heteroatoms. The summed E-state index contributed by atoms with van der Waals surface area (Å²) in [7, 11) is -2.19. The number of nitrogens with zero attached hydrogens (tertiary/aromatic N) is 3. The van der Waals surface area contributed by atoms with E-state index in [0.717, 1.165) is 43.6 Å². The Bertz CT molecular complexity index is 1070. The molecule has 1 aliphatic heterocycles. The third kappa shape index (κ3) is 2.65. The Hall–Kier alpha value is -2.45. The van der Waals surface area contributed by atoms with Gasteiger partial charge in [0.25, 0.3) is 0 Å². The van der Waals surface area contributed by atoms with Crippen LogP contribution in [-0.4, -0.2) is 44.1 Å². The van der Waals surface area contributed by atoms with Gasteiger partial charge >= 0.3 is 0 Å². The smallest absolute Gasteiger partial charge is 0.211 e. The molecule has 0 aliphatic carbocycles. The molecular formula is C18H19FN4O2S. The van der Waals surface area contributed by atoms with Gasteiger partial charge < -0.3 is 14.8 Å². The number of fused-ring (bicyclic) bond motifs is 1. The average molecular weight is 374 g/mol. The SMILES string of the molecule is Cn1cc(S(=O)(=O)c2ccccc2F)c2ccnc(N3CCNCC3)c21. The molecule has 136 valence electrons. The highest BCUT2D eigenvalue weighted by Crippen LogP contribution is 2.34. The van der Waals surface area contributed by atoms with Crippen LogP contribution < -0.4 is 10.2 Å². The molecule has 0 bridgehead atoms. The Morgan fingerprint density at radius 3 is 2.58 bits per heavy atom. The fraction of sp³-hybridized carbons (Fsp3) is 0.278. The van der Waals surface area contributed by atoms with Gasteiger partial charge in [-0.1, -0.05) is 12.1 Å². The number of pyridine rings is 1. The fourth-order valence-electron chi connectivity index (χ4n) is 3.40. The molecule has 3 aromatic rings. The Morgan fingerprint density at radius 1 is 1.12 bits per heavy atom. The van der Waals surface area contributed by atoms with Gasteiger partial charge in [-0.2, -0.15) is 0 Å². The van der Waals surface area contributed by atoms with Crippen LogP contribution >= 0.6 is 0 Å². The minimum absolute atomic E-state index is 0.0962.